The van der Waals surface area contributed by atoms with Crippen LogP contribution in [0.5, 0.6) is 0 Å². The van der Waals surface area contributed by atoms with Crippen molar-refractivity contribution >= 4 is 29.3 Å². The van der Waals surface area contributed by atoms with Gasteiger partial charge in [-0.2, -0.15) is 5.10 Å². The van der Waals surface area contributed by atoms with Crippen LogP contribution in [0.4, 0.5) is 10.5 Å². The minimum atomic E-state index is -0.764. The number of carboxylic acid groups (broad SMARTS) is 1. The number of hydrazone groups is 1. The highest BCUT2D eigenvalue weighted by atomic mass is 16.6. The average molecular weight is 497 g/mol. The summed E-state index contributed by atoms with van der Waals surface area (Å²) in [5, 5.41) is 15.9. The zero-order valence-electron chi connectivity index (χ0n) is 20.5. The van der Waals surface area contributed by atoms with Gasteiger partial charge in [0.25, 0.3) is 0 Å². The molecule has 2 aliphatic carbocycles. The predicted molar refractivity (Wildman–Crippen MR) is 142 cm³/mol. The number of nitrogens with zero attached hydrogens (tertiary/aromatic N) is 2. The van der Waals surface area contributed by atoms with Crippen LogP contribution in [-0.4, -0.2) is 28.7 Å². The average Bonchev–Trinajstić information content (AvgIpc) is 3.65. The molecule has 1 fully saturated rings. The molecule has 37 heavy (non-hydrogen) atoms. The molecule has 8 heteroatoms. The number of aliphatic imine (C=N–C) groups is 1. The molecule has 1 atom stereocenters. The molecule has 5 rings (SSSR count). The Kier molecular flexibility index (Phi) is 6.48. The number of ether oxygens (including phenoxy) is 1. The van der Waals surface area contributed by atoms with E-state index in [-0.39, 0.29) is 11.9 Å². The number of amidine groups is 1. The Hall–Kier alpha value is -4.46. The maximum atomic E-state index is 12.7. The van der Waals surface area contributed by atoms with Gasteiger partial charge in [-0.15, -0.1) is 0 Å². The first-order chi connectivity index (χ1) is 17.9. The van der Waals surface area contributed by atoms with E-state index in [4.69, 9.17) is 10.6 Å². The van der Waals surface area contributed by atoms with Crippen molar-refractivity contribution < 1.29 is 19.4 Å². The molecular formula is C29H28N4O4. The van der Waals surface area contributed by atoms with Crippen LogP contribution in [0.3, 0.4) is 0 Å². The number of aliphatic carboxylic acids is 1. The van der Waals surface area contributed by atoms with Gasteiger partial charge >= 0.3 is 12.1 Å². The van der Waals surface area contributed by atoms with Crippen LogP contribution in [0.2, 0.25) is 0 Å². The van der Waals surface area contributed by atoms with Gasteiger partial charge in [0.15, 0.2) is 5.84 Å². The maximum Gasteiger partial charge on any atom is 0.413 e. The number of fused-ring (bicyclic) bond motifs is 1. The third kappa shape index (κ3) is 4.95. The fourth-order valence-corrected chi connectivity index (χ4v) is 4.75. The summed E-state index contributed by atoms with van der Waals surface area (Å²) in [5.74, 6) is 4.92. The first kappa shape index (κ1) is 24.2. The lowest BCUT2D eigenvalue weighted by Gasteiger charge is -2.15. The molecule has 1 amide bonds. The van der Waals surface area contributed by atoms with Crippen LogP contribution in [0.25, 0.3) is 11.1 Å². The Morgan fingerprint density at radius 1 is 1.00 bits per heavy atom. The number of benzene rings is 3. The largest absolute Gasteiger partial charge is 0.481 e. The van der Waals surface area contributed by atoms with Gasteiger partial charge in [-0.05, 0) is 72.6 Å². The van der Waals surface area contributed by atoms with E-state index in [9.17, 15) is 14.7 Å². The van der Waals surface area contributed by atoms with E-state index in [2.05, 4.69) is 15.4 Å². The van der Waals surface area contributed by atoms with Crippen LogP contribution in [-0.2, 0) is 21.4 Å². The summed E-state index contributed by atoms with van der Waals surface area (Å²) in [6, 6.07) is 23.1. The third-order valence-electron chi connectivity index (χ3n) is 7.12. The number of alkyl carbamates (subject to hydrolysis) is 1. The van der Waals surface area contributed by atoms with Crippen LogP contribution in [0.15, 0.2) is 82.9 Å². The molecular weight excluding hydrogens is 468 g/mol. The summed E-state index contributed by atoms with van der Waals surface area (Å²) in [6.45, 7) is 1.66. The van der Waals surface area contributed by atoms with Gasteiger partial charge in [-0.1, -0.05) is 60.7 Å². The van der Waals surface area contributed by atoms with Gasteiger partial charge in [0.05, 0.1) is 16.8 Å². The molecule has 0 unspecified atom stereocenters. The number of aryl methyl sites for hydroxylation is 1. The molecule has 0 bridgehead atoms. The van der Waals surface area contributed by atoms with Crippen LogP contribution >= 0.6 is 0 Å². The molecule has 4 N–H and O–H groups in total. The zero-order valence-corrected chi connectivity index (χ0v) is 20.5. The highest BCUT2D eigenvalue weighted by Crippen LogP contribution is 2.48. The SMILES string of the molecule is C/C(=N/N)C(=Nc1ccc(-c2ccc(C3(C(=O)O)CC3)cc2)cc1)NC(=O)O[C@@H]1CCc2ccccc21. The van der Waals surface area contributed by atoms with Gasteiger partial charge in [0.2, 0.25) is 0 Å². The molecule has 3 aromatic carbocycles. The lowest BCUT2D eigenvalue weighted by atomic mass is 9.94. The van der Waals surface area contributed by atoms with Gasteiger partial charge < -0.3 is 15.7 Å². The summed E-state index contributed by atoms with van der Waals surface area (Å²) in [4.78, 5) is 28.8. The number of hydrogen-bond acceptors (Lipinski definition) is 6. The number of nitrogens with two attached hydrogens (primary N) is 1. The van der Waals surface area contributed by atoms with E-state index < -0.39 is 17.5 Å². The van der Waals surface area contributed by atoms with E-state index in [0.717, 1.165) is 35.1 Å². The maximum absolute atomic E-state index is 12.7. The fraction of sp³-hybridized carbons (Fsp3) is 0.241. The van der Waals surface area contributed by atoms with Gasteiger partial charge in [-0.25, -0.2) is 9.79 Å². The number of carbonyl (C=O) groups is 2. The molecule has 0 spiro atoms. The van der Waals surface area contributed by atoms with Crippen molar-refractivity contribution in [2.24, 2.45) is 15.9 Å². The smallest absolute Gasteiger partial charge is 0.413 e. The van der Waals surface area contributed by atoms with Crippen molar-refractivity contribution in [3.8, 4) is 11.1 Å². The van der Waals surface area contributed by atoms with Crippen LogP contribution in [0, 0.1) is 0 Å². The van der Waals surface area contributed by atoms with Gasteiger partial charge in [0, 0.05) is 0 Å². The van der Waals surface area contributed by atoms with Crippen molar-refractivity contribution in [2.45, 2.75) is 44.1 Å². The first-order valence-electron chi connectivity index (χ1n) is 12.2. The molecule has 8 nitrogen and oxygen atoms in total. The number of carboxylic acids is 1. The lowest BCUT2D eigenvalue weighted by Crippen LogP contribution is -2.36. The molecule has 2 aliphatic rings. The van der Waals surface area contributed by atoms with Crippen LogP contribution < -0.4 is 11.2 Å². The number of hydrogen-bond donors (Lipinski definition) is 3. The fourth-order valence-electron chi connectivity index (χ4n) is 4.75. The number of carbonyl (C=O) groups excluding carboxylic acids is 1. The van der Waals surface area contributed by atoms with Gasteiger partial charge in [-0.3, -0.25) is 10.1 Å². The second-order valence-corrected chi connectivity index (χ2v) is 9.44. The molecule has 1 saturated carbocycles. The molecule has 0 aromatic heterocycles. The zero-order chi connectivity index (χ0) is 26.0. The number of rotatable bonds is 6. The summed E-state index contributed by atoms with van der Waals surface area (Å²) in [7, 11) is 0. The third-order valence-corrected chi connectivity index (χ3v) is 7.12. The highest BCUT2D eigenvalue weighted by Gasteiger charge is 2.51. The quantitative estimate of drug-likeness (QED) is 0.186. The Balaban J connectivity index is 1.28. The van der Waals surface area contributed by atoms with Crippen LogP contribution in [0.1, 0.15) is 49.0 Å². The summed E-state index contributed by atoms with van der Waals surface area (Å²) in [6.07, 6.45) is 2.05. The summed E-state index contributed by atoms with van der Waals surface area (Å²) in [5.41, 5.74) is 5.23. The molecule has 0 aliphatic heterocycles. The molecule has 0 saturated heterocycles. The molecule has 0 heterocycles. The first-order valence-corrected chi connectivity index (χ1v) is 12.2. The molecule has 3 aromatic rings. The van der Waals surface area contributed by atoms with E-state index in [1.54, 1.807) is 6.92 Å². The number of nitrogens with one attached hydrogen (secondary N) is 1. The van der Waals surface area contributed by atoms with E-state index in [1.165, 1.54) is 5.56 Å². The second-order valence-electron chi connectivity index (χ2n) is 9.44. The minimum Gasteiger partial charge on any atom is -0.481 e. The Bertz CT molecular complexity index is 1390. The van der Waals surface area contributed by atoms with Crippen molar-refractivity contribution in [3.05, 3.63) is 89.5 Å². The minimum absolute atomic E-state index is 0.208. The number of amides is 1. The Morgan fingerprint density at radius 2 is 1.65 bits per heavy atom. The highest BCUT2D eigenvalue weighted by molar-refractivity contribution is 6.43. The topological polar surface area (TPSA) is 126 Å². The van der Waals surface area contributed by atoms with Crippen molar-refractivity contribution in [3.63, 3.8) is 0 Å². The van der Waals surface area contributed by atoms with E-state index >= 15 is 0 Å². The van der Waals surface area contributed by atoms with Crippen molar-refractivity contribution in [1.29, 1.82) is 0 Å². The van der Waals surface area contributed by atoms with Gasteiger partial charge in [0.1, 0.15) is 6.10 Å². The van der Waals surface area contributed by atoms with Crippen molar-refractivity contribution in [2.75, 3.05) is 0 Å². The lowest BCUT2D eigenvalue weighted by molar-refractivity contribution is -0.140. The molecule has 0 radical (unpaired) electrons. The molecule has 188 valence electrons. The monoisotopic (exact) mass is 496 g/mol. The predicted octanol–water partition coefficient (Wildman–Crippen LogP) is 5.25. The Morgan fingerprint density at radius 3 is 2.27 bits per heavy atom. The summed E-state index contributed by atoms with van der Waals surface area (Å²) >= 11 is 0. The standard InChI is InChI=1S/C29H28N4O4/c1-18(33-30)26(32-28(36)37-25-15-10-21-4-2-3-5-24(21)25)31-23-13-8-20(9-14-23)19-6-11-22(12-7-19)29(16-17-29)27(34)35/h2-9,11-14,25H,10,15-17,30H2,1H3,(H,34,35)(H,31,32,36)/b33-18-/t25-/m1/s1. The second kappa shape index (κ2) is 9.89. The Labute approximate surface area is 214 Å². The van der Waals surface area contributed by atoms with E-state index in [0.29, 0.717) is 24.2 Å². The van der Waals surface area contributed by atoms with E-state index in [1.807, 2.05) is 72.8 Å². The van der Waals surface area contributed by atoms with Crippen molar-refractivity contribution in [1.82, 2.24) is 5.32 Å². The summed E-state index contributed by atoms with van der Waals surface area (Å²) < 4.78 is 5.67. The normalized spacial score (nSPS) is 18.1.